The second-order valence-electron chi connectivity index (χ2n) is 18.8. The fourth-order valence-electron chi connectivity index (χ4n) is 9.01. The number of methoxy groups -OCH3 is 3. The standard InChI is InChI=1S/C18H21N7O2.C16H19N7O.C11H8ClN5O.C7H14N2O/c1-12(26)24-9-3-4-13(11-24)20-18-19-10-16-17(21-18)25(23-22-16)14-5-7-15(27-2)8-6-14;1-24-13-6-4-12(5-7-13)23-15-14(21-22-23)10-18-16(20-15)19-11-3-2-8-17-9-11;1-18-8-4-2-7(3-5-8)17-10-9(15-16-17)6-13-11(12)14-10;1-6(10)9-4-2-3-7(8)5-9/h5-8,10,13H,3-4,9,11H2,1-2H3,(H,19,20,21);4-7,10-11,17H,2-3,8-9H2,1H3,(H,18,19,20);2-6H,1H3;7H,2-5,8H2,1H3. The minimum atomic E-state index is 0.0969. The van der Waals surface area contributed by atoms with Gasteiger partial charge < -0.3 is 45.7 Å². The van der Waals surface area contributed by atoms with Crippen LogP contribution in [0.25, 0.3) is 50.6 Å². The third-order valence-corrected chi connectivity index (χ3v) is 13.4. The number of anilines is 2. The second-order valence-corrected chi connectivity index (χ2v) is 19.1. The van der Waals surface area contributed by atoms with Gasteiger partial charge >= 0.3 is 0 Å². The van der Waals surface area contributed by atoms with Crippen molar-refractivity contribution in [3.05, 3.63) is 96.7 Å². The maximum Gasteiger partial charge on any atom is 0.225 e. The van der Waals surface area contributed by atoms with Crippen molar-refractivity contribution in [3.8, 4) is 34.3 Å². The number of amides is 2. The lowest BCUT2D eigenvalue weighted by Gasteiger charge is -2.32. The van der Waals surface area contributed by atoms with Crippen molar-refractivity contribution in [2.45, 2.75) is 70.5 Å². The molecule has 2 amide bonds. The normalized spacial score (nSPS) is 17.1. The number of nitrogens with zero attached hydrogens (tertiary/aromatic N) is 17. The largest absolute Gasteiger partial charge is 0.497 e. The first-order valence-corrected chi connectivity index (χ1v) is 26.2. The summed E-state index contributed by atoms with van der Waals surface area (Å²) in [5.74, 6) is 3.70. The molecule has 0 radical (unpaired) electrons. The molecule has 412 valence electrons. The zero-order valence-electron chi connectivity index (χ0n) is 44.5. The molecule has 0 bridgehead atoms. The molecule has 9 heterocycles. The van der Waals surface area contributed by atoms with Gasteiger partial charge in [-0.05, 0) is 129 Å². The zero-order valence-corrected chi connectivity index (χ0v) is 45.2. The molecule has 79 heavy (non-hydrogen) atoms. The average molecular weight is 1100 g/mol. The van der Waals surface area contributed by atoms with Crippen molar-refractivity contribution in [2.75, 3.05) is 71.2 Å². The number of aromatic nitrogens is 15. The number of hydrogen-bond acceptors (Lipinski definition) is 21. The number of nitrogens with one attached hydrogen (secondary N) is 3. The lowest BCUT2D eigenvalue weighted by molar-refractivity contribution is -0.130. The summed E-state index contributed by atoms with van der Waals surface area (Å²) in [6.07, 6.45) is 11.2. The van der Waals surface area contributed by atoms with Crippen LogP contribution in [0.1, 0.15) is 52.4 Å². The first-order valence-electron chi connectivity index (χ1n) is 25.8. The average Bonchev–Trinajstić information content (AvgIpc) is 4.30. The molecule has 3 fully saturated rings. The van der Waals surface area contributed by atoms with Gasteiger partial charge in [-0.15, -0.1) is 15.3 Å². The molecule has 3 saturated heterocycles. The van der Waals surface area contributed by atoms with E-state index < -0.39 is 0 Å². The predicted octanol–water partition coefficient (Wildman–Crippen LogP) is 4.85. The van der Waals surface area contributed by atoms with Crippen molar-refractivity contribution in [1.82, 2.24) is 90.0 Å². The van der Waals surface area contributed by atoms with Gasteiger partial charge in [0.15, 0.2) is 33.5 Å². The Kier molecular flexibility index (Phi) is 18.2. The molecule has 3 unspecified atom stereocenters. The van der Waals surface area contributed by atoms with Gasteiger partial charge in [0.05, 0.1) is 57.0 Å². The van der Waals surface area contributed by atoms with Crippen LogP contribution >= 0.6 is 11.6 Å². The highest BCUT2D eigenvalue weighted by molar-refractivity contribution is 6.28. The topological polar surface area (TPSA) is 300 Å². The molecule has 27 heteroatoms. The lowest BCUT2D eigenvalue weighted by atomic mass is 10.1. The van der Waals surface area contributed by atoms with Gasteiger partial charge in [-0.25, -0.2) is 15.0 Å². The second kappa shape index (κ2) is 26.1. The fourth-order valence-corrected chi connectivity index (χ4v) is 9.14. The molecule has 5 N–H and O–H groups in total. The molecule has 9 aromatic rings. The van der Waals surface area contributed by atoms with Crippen LogP contribution in [0, 0.1) is 0 Å². The van der Waals surface area contributed by atoms with Crippen molar-refractivity contribution in [3.63, 3.8) is 0 Å². The molecule has 3 atom stereocenters. The molecule has 3 aromatic carbocycles. The molecule has 0 saturated carbocycles. The van der Waals surface area contributed by atoms with E-state index in [1.54, 1.807) is 61.6 Å². The number of benzene rings is 3. The summed E-state index contributed by atoms with van der Waals surface area (Å²) < 4.78 is 20.5. The van der Waals surface area contributed by atoms with E-state index in [4.69, 9.17) is 31.5 Å². The van der Waals surface area contributed by atoms with E-state index in [1.807, 2.05) is 82.6 Å². The highest BCUT2D eigenvalue weighted by Gasteiger charge is 2.23. The van der Waals surface area contributed by atoms with E-state index in [0.717, 1.165) is 106 Å². The minimum absolute atomic E-state index is 0.0969. The summed E-state index contributed by atoms with van der Waals surface area (Å²) in [7, 11) is 4.89. The Hall–Kier alpha value is -8.75. The summed E-state index contributed by atoms with van der Waals surface area (Å²) in [5, 5.41) is 34.9. The van der Waals surface area contributed by atoms with Crippen LogP contribution in [-0.4, -0.2) is 175 Å². The van der Waals surface area contributed by atoms with E-state index in [1.165, 1.54) is 6.20 Å². The van der Waals surface area contributed by atoms with Crippen LogP contribution in [0.3, 0.4) is 0 Å². The van der Waals surface area contributed by atoms with Crippen molar-refractivity contribution in [1.29, 1.82) is 0 Å². The molecule has 3 aliphatic rings. The zero-order chi connectivity index (χ0) is 55.3. The third-order valence-electron chi connectivity index (χ3n) is 13.2. The summed E-state index contributed by atoms with van der Waals surface area (Å²) in [4.78, 5) is 52.0. The molecular formula is C52H62ClN21O5. The Morgan fingerprint density at radius 1 is 0.570 bits per heavy atom. The number of hydrogen-bond donors (Lipinski definition) is 4. The number of rotatable bonds is 10. The summed E-state index contributed by atoms with van der Waals surface area (Å²) in [6, 6.07) is 23.2. The van der Waals surface area contributed by atoms with Gasteiger partial charge in [-0.1, -0.05) is 15.6 Å². The maximum absolute atomic E-state index is 11.6. The molecule has 26 nitrogen and oxygen atoms in total. The smallest absolute Gasteiger partial charge is 0.225 e. The SMILES string of the molecule is CC(=O)N1CCCC(N)C1.COc1ccc(-n2nnc3cnc(Cl)nc32)cc1.COc1ccc(-n2nnc3cnc(NC4CCCN(C(C)=O)C4)nc32)cc1.COc1ccc(-n2nnc3cnc(NC4CCCNC4)nc32)cc1. The van der Waals surface area contributed by atoms with Gasteiger partial charge in [-0.3, -0.25) is 9.59 Å². The first kappa shape index (κ1) is 55.0. The molecule has 0 spiro atoms. The quantitative estimate of drug-likeness (QED) is 0.133. The van der Waals surface area contributed by atoms with Gasteiger partial charge in [0, 0.05) is 64.7 Å². The van der Waals surface area contributed by atoms with E-state index >= 15 is 0 Å². The molecule has 12 rings (SSSR count). The van der Waals surface area contributed by atoms with Crippen LogP contribution in [-0.2, 0) is 9.59 Å². The lowest BCUT2D eigenvalue weighted by Crippen LogP contribution is -2.44. The van der Waals surface area contributed by atoms with Crippen molar-refractivity contribution >= 4 is 68.8 Å². The summed E-state index contributed by atoms with van der Waals surface area (Å²) >= 11 is 5.77. The number of carbonyl (C=O) groups excluding carboxylic acids is 2. The fraction of sp³-hybridized carbons (Fsp3) is 0.385. The van der Waals surface area contributed by atoms with E-state index in [-0.39, 0.29) is 29.2 Å². The highest BCUT2D eigenvalue weighted by atomic mass is 35.5. The van der Waals surface area contributed by atoms with Gasteiger partial charge in [0.25, 0.3) is 0 Å². The number of piperidine rings is 3. The summed E-state index contributed by atoms with van der Waals surface area (Å²) in [5.41, 5.74) is 12.0. The Bertz CT molecular complexity index is 3440. The Morgan fingerprint density at radius 3 is 1.41 bits per heavy atom. The van der Waals surface area contributed by atoms with Crippen LogP contribution in [0.15, 0.2) is 91.4 Å². The van der Waals surface area contributed by atoms with E-state index in [0.29, 0.717) is 58.0 Å². The number of halogens is 1. The summed E-state index contributed by atoms with van der Waals surface area (Å²) in [6.45, 7) is 8.30. The number of nitrogens with two attached hydrogens (primary N) is 1. The minimum Gasteiger partial charge on any atom is -0.497 e. The van der Waals surface area contributed by atoms with Gasteiger partial charge in [0.2, 0.25) is 29.0 Å². The molecule has 0 aliphatic carbocycles. The van der Waals surface area contributed by atoms with Crippen LogP contribution in [0.5, 0.6) is 17.2 Å². The van der Waals surface area contributed by atoms with E-state index in [9.17, 15) is 9.59 Å². The third kappa shape index (κ3) is 14.1. The van der Waals surface area contributed by atoms with Gasteiger partial charge in [-0.2, -0.15) is 29.0 Å². The monoisotopic (exact) mass is 1100 g/mol. The Balaban J connectivity index is 0.000000134. The number of fused-ring (bicyclic) bond motifs is 3. The number of likely N-dealkylation sites (tertiary alicyclic amines) is 2. The number of ether oxygens (including phenoxy) is 3. The van der Waals surface area contributed by atoms with Gasteiger partial charge in [0.1, 0.15) is 17.2 Å². The van der Waals surface area contributed by atoms with Crippen LogP contribution < -0.4 is 35.9 Å². The van der Waals surface area contributed by atoms with Crippen molar-refractivity contribution in [2.24, 2.45) is 5.73 Å². The van der Waals surface area contributed by atoms with Crippen molar-refractivity contribution < 1.29 is 23.8 Å². The number of carbonyl (C=O) groups is 2. The Labute approximate surface area is 459 Å². The Morgan fingerprint density at radius 2 is 0.987 bits per heavy atom. The van der Waals surface area contributed by atoms with Crippen LogP contribution in [0.2, 0.25) is 5.28 Å². The maximum atomic E-state index is 11.6. The molecule has 3 aliphatic heterocycles. The first-order chi connectivity index (χ1) is 38.4. The molecular weight excluding hydrogens is 1030 g/mol. The van der Waals surface area contributed by atoms with Crippen LogP contribution in [0.4, 0.5) is 11.9 Å². The predicted molar refractivity (Wildman–Crippen MR) is 296 cm³/mol. The van der Waals surface area contributed by atoms with E-state index in [2.05, 4.69) is 76.8 Å². The highest BCUT2D eigenvalue weighted by Crippen LogP contribution is 2.23. The molecule has 6 aromatic heterocycles.